The zero-order chi connectivity index (χ0) is 15.0. The number of benzene rings is 1. The van der Waals surface area contributed by atoms with E-state index < -0.39 is 10.7 Å². The second-order valence-corrected chi connectivity index (χ2v) is 6.66. The fraction of sp³-hybridized carbons (Fsp3) is 0.571. The summed E-state index contributed by atoms with van der Waals surface area (Å²) in [6, 6.07) is 3.17. The van der Waals surface area contributed by atoms with Gasteiger partial charge in [0.25, 0.3) is 5.69 Å². The Labute approximate surface area is 130 Å². The Kier molecular flexibility index (Phi) is 4.12. The molecule has 1 unspecified atom stereocenters. The molecule has 1 aliphatic heterocycles. The van der Waals surface area contributed by atoms with Gasteiger partial charge in [-0.1, -0.05) is 0 Å². The molecule has 1 atom stereocenters. The summed E-state index contributed by atoms with van der Waals surface area (Å²) in [5.41, 5.74) is 0.158. The number of halogens is 2. The van der Waals surface area contributed by atoms with Gasteiger partial charge in [-0.05, 0) is 53.7 Å². The van der Waals surface area contributed by atoms with Gasteiger partial charge in [0.05, 0.1) is 15.5 Å². The van der Waals surface area contributed by atoms with E-state index in [1.54, 1.807) is 0 Å². The summed E-state index contributed by atoms with van der Waals surface area (Å²) in [5.74, 6) is -0.123. The summed E-state index contributed by atoms with van der Waals surface area (Å²) in [4.78, 5) is 13.0. The van der Waals surface area contributed by atoms with Crippen LogP contribution in [-0.2, 0) is 0 Å². The maximum atomic E-state index is 13.4. The van der Waals surface area contributed by atoms with Gasteiger partial charge in [0.1, 0.15) is 11.5 Å². The van der Waals surface area contributed by atoms with E-state index >= 15 is 0 Å². The van der Waals surface area contributed by atoms with Crippen molar-refractivity contribution in [1.82, 2.24) is 4.90 Å². The van der Waals surface area contributed by atoms with Gasteiger partial charge in [-0.15, -0.1) is 0 Å². The third-order valence-corrected chi connectivity index (χ3v) is 4.80. The number of nitrogens with zero attached hydrogens (tertiary/aromatic N) is 2. The minimum Gasteiger partial charge on any atom is -0.379 e. The average molecular weight is 358 g/mol. The minimum atomic E-state index is -0.618. The lowest BCUT2D eigenvalue weighted by atomic mass is 10.1. The Hall–Kier alpha value is -1.21. The van der Waals surface area contributed by atoms with Crippen molar-refractivity contribution >= 4 is 27.3 Å². The molecule has 2 aliphatic rings. The molecular weight excluding hydrogens is 341 g/mol. The van der Waals surface area contributed by atoms with E-state index in [1.165, 1.54) is 18.9 Å². The van der Waals surface area contributed by atoms with Crippen LogP contribution < -0.4 is 5.32 Å². The first-order chi connectivity index (χ1) is 10.0. The standard InChI is InChI=1S/C14H17BrFN3O2/c15-11-5-13(14(19(20)21)6-12(11)16)17-7-9-3-4-18(8-9)10-1-2-10/h5-6,9-10,17H,1-4,7-8H2. The van der Waals surface area contributed by atoms with Gasteiger partial charge >= 0.3 is 0 Å². The van der Waals surface area contributed by atoms with Gasteiger partial charge < -0.3 is 10.2 Å². The molecular formula is C14H17BrFN3O2. The predicted octanol–water partition coefficient (Wildman–Crippen LogP) is 3.39. The predicted molar refractivity (Wildman–Crippen MR) is 81.9 cm³/mol. The lowest BCUT2D eigenvalue weighted by molar-refractivity contribution is -0.384. The second-order valence-electron chi connectivity index (χ2n) is 5.80. The SMILES string of the molecule is O=[N+]([O-])c1cc(F)c(Br)cc1NCC1CCN(C2CC2)C1. The minimum absolute atomic E-state index is 0.215. The molecule has 1 heterocycles. The van der Waals surface area contributed by atoms with Gasteiger partial charge in [0.15, 0.2) is 0 Å². The smallest absolute Gasteiger partial charge is 0.295 e. The van der Waals surface area contributed by atoms with Gasteiger partial charge in [-0.3, -0.25) is 10.1 Å². The first kappa shape index (κ1) is 14.7. The summed E-state index contributed by atoms with van der Waals surface area (Å²) in [5, 5.41) is 14.1. The van der Waals surface area contributed by atoms with E-state index in [0.29, 0.717) is 18.2 Å². The van der Waals surface area contributed by atoms with E-state index in [-0.39, 0.29) is 10.2 Å². The first-order valence-electron chi connectivity index (χ1n) is 7.16. The average Bonchev–Trinajstić information content (AvgIpc) is 3.19. The quantitative estimate of drug-likeness (QED) is 0.648. The molecule has 2 fully saturated rings. The summed E-state index contributed by atoms with van der Waals surface area (Å²) < 4.78 is 13.7. The van der Waals surface area contributed by atoms with Gasteiger partial charge in [0.2, 0.25) is 0 Å². The number of nitro benzene ring substituents is 1. The van der Waals surface area contributed by atoms with Crippen molar-refractivity contribution in [3.8, 4) is 0 Å². The molecule has 0 radical (unpaired) electrons. The molecule has 1 aromatic carbocycles. The third-order valence-electron chi connectivity index (χ3n) is 4.20. The highest BCUT2D eigenvalue weighted by atomic mass is 79.9. The molecule has 7 heteroatoms. The van der Waals surface area contributed by atoms with Crippen LogP contribution in [0, 0.1) is 21.8 Å². The highest BCUT2D eigenvalue weighted by Gasteiger charge is 2.34. The Morgan fingerprint density at radius 1 is 1.43 bits per heavy atom. The number of likely N-dealkylation sites (tertiary alicyclic amines) is 1. The van der Waals surface area contributed by atoms with Crippen molar-refractivity contribution in [3.05, 3.63) is 32.5 Å². The maximum absolute atomic E-state index is 13.4. The normalized spacial score (nSPS) is 22.5. The Balaban J connectivity index is 1.64. The Morgan fingerprint density at radius 2 is 2.19 bits per heavy atom. The zero-order valence-corrected chi connectivity index (χ0v) is 13.1. The lowest BCUT2D eigenvalue weighted by Gasteiger charge is -2.15. The molecule has 5 nitrogen and oxygen atoms in total. The molecule has 0 aromatic heterocycles. The molecule has 1 saturated carbocycles. The van der Waals surface area contributed by atoms with Crippen LogP contribution in [0.4, 0.5) is 15.8 Å². The monoisotopic (exact) mass is 357 g/mol. The first-order valence-corrected chi connectivity index (χ1v) is 7.95. The number of hydrogen-bond acceptors (Lipinski definition) is 4. The molecule has 1 aliphatic carbocycles. The van der Waals surface area contributed by atoms with E-state index in [2.05, 4.69) is 26.1 Å². The molecule has 3 rings (SSSR count). The summed E-state index contributed by atoms with van der Waals surface area (Å²) in [7, 11) is 0. The van der Waals surface area contributed by atoms with Crippen LogP contribution in [0.25, 0.3) is 0 Å². The number of anilines is 1. The van der Waals surface area contributed by atoms with Crippen LogP contribution in [0.15, 0.2) is 16.6 Å². The van der Waals surface area contributed by atoms with E-state index in [4.69, 9.17) is 0 Å². The largest absolute Gasteiger partial charge is 0.379 e. The van der Waals surface area contributed by atoms with Crippen LogP contribution in [-0.4, -0.2) is 35.5 Å². The van der Waals surface area contributed by atoms with Gasteiger partial charge in [0, 0.05) is 19.1 Å². The van der Waals surface area contributed by atoms with Crippen molar-refractivity contribution in [2.75, 3.05) is 25.0 Å². The number of nitrogens with one attached hydrogen (secondary N) is 1. The molecule has 1 aromatic rings. The molecule has 0 spiro atoms. The topological polar surface area (TPSA) is 58.4 Å². The third kappa shape index (κ3) is 3.35. The molecule has 1 N–H and O–H groups in total. The van der Waals surface area contributed by atoms with Crippen molar-refractivity contribution in [2.45, 2.75) is 25.3 Å². The van der Waals surface area contributed by atoms with Crippen molar-refractivity contribution in [3.63, 3.8) is 0 Å². The fourth-order valence-electron chi connectivity index (χ4n) is 2.88. The number of hydrogen-bond donors (Lipinski definition) is 1. The highest BCUT2D eigenvalue weighted by molar-refractivity contribution is 9.10. The van der Waals surface area contributed by atoms with Crippen molar-refractivity contribution in [1.29, 1.82) is 0 Å². The summed E-state index contributed by atoms with van der Waals surface area (Å²) in [6.07, 6.45) is 3.72. The van der Waals surface area contributed by atoms with Crippen molar-refractivity contribution in [2.24, 2.45) is 5.92 Å². The van der Waals surface area contributed by atoms with Crippen LogP contribution >= 0.6 is 15.9 Å². The maximum Gasteiger partial charge on any atom is 0.295 e. The van der Waals surface area contributed by atoms with E-state index in [0.717, 1.165) is 31.6 Å². The molecule has 1 saturated heterocycles. The van der Waals surface area contributed by atoms with Crippen LogP contribution in [0.1, 0.15) is 19.3 Å². The fourth-order valence-corrected chi connectivity index (χ4v) is 3.23. The van der Waals surface area contributed by atoms with Crippen LogP contribution in [0.3, 0.4) is 0 Å². The van der Waals surface area contributed by atoms with Gasteiger partial charge in [-0.2, -0.15) is 0 Å². The van der Waals surface area contributed by atoms with E-state index in [1.807, 2.05) is 0 Å². The summed E-state index contributed by atoms with van der Waals surface area (Å²) in [6.45, 7) is 2.85. The highest BCUT2D eigenvalue weighted by Crippen LogP contribution is 2.33. The van der Waals surface area contributed by atoms with Gasteiger partial charge in [-0.25, -0.2) is 4.39 Å². The van der Waals surface area contributed by atoms with Crippen LogP contribution in [0.2, 0.25) is 0 Å². The van der Waals surface area contributed by atoms with Crippen LogP contribution in [0.5, 0.6) is 0 Å². The van der Waals surface area contributed by atoms with E-state index in [9.17, 15) is 14.5 Å². The lowest BCUT2D eigenvalue weighted by Crippen LogP contribution is -2.24. The summed E-state index contributed by atoms with van der Waals surface area (Å²) >= 11 is 3.07. The molecule has 114 valence electrons. The Bertz CT molecular complexity index is 565. The molecule has 21 heavy (non-hydrogen) atoms. The Morgan fingerprint density at radius 3 is 2.86 bits per heavy atom. The number of nitro groups is 1. The van der Waals surface area contributed by atoms with Crippen molar-refractivity contribution < 1.29 is 9.31 Å². The molecule has 0 bridgehead atoms. The molecule has 0 amide bonds. The zero-order valence-electron chi connectivity index (χ0n) is 11.5. The second kappa shape index (κ2) is 5.88. The number of rotatable bonds is 5.